The molecule has 0 radical (unpaired) electrons. The van der Waals surface area contributed by atoms with Gasteiger partial charge in [0.25, 0.3) is 0 Å². The Bertz CT molecular complexity index is 306. The smallest absolute Gasteiger partial charge is 0.303 e. The van der Waals surface area contributed by atoms with Gasteiger partial charge in [-0.2, -0.15) is 0 Å². The molecule has 0 aromatic carbocycles. The van der Waals surface area contributed by atoms with E-state index in [1.54, 1.807) is 6.92 Å². The highest BCUT2D eigenvalue weighted by Crippen LogP contribution is 2.25. The van der Waals surface area contributed by atoms with E-state index in [1.165, 1.54) is 19.3 Å². The molecule has 0 aromatic heterocycles. The molecule has 0 aliphatic heterocycles. The molecular formula is C14H25NO4. The summed E-state index contributed by atoms with van der Waals surface area (Å²) in [5.74, 6) is -0.536. The molecule has 110 valence electrons. The third-order valence-corrected chi connectivity index (χ3v) is 3.63. The molecular weight excluding hydrogens is 246 g/mol. The summed E-state index contributed by atoms with van der Waals surface area (Å²) in [6, 6.07) is 0. The molecule has 5 heteroatoms. The summed E-state index contributed by atoms with van der Waals surface area (Å²) in [6.45, 7) is 4.43. The van der Waals surface area contributed by atoms with Crippen molar-refractivity contribution in [1.29, 1.82) is 0 Å². The Balaban J connectivity index is 2.15. The second kappa shape index (κ2) is 8.15. The molecule has 1 saturated carbocycles. The lowest BCUT2D eigenvalue weighted by Gasteiger charge is -2.28. The molecule has 0 spiro atoms. The first-order chi connectivity index (χ1) is 8.99. The Labute approximate surface area is 114 Å². The lowest BCUT2D eigenvalue weighted by molar-refractivity contribution is -0.138. The zero-order valence-corrected chi connectivity index (χ0v) is 11.9. The van der Waals surface area contributed by atoms with Crippen LogP contribution in [0.5, 0.6) is 0 Å². The maximum Gasteiger partial charge on any atom is 0.303 e. The molecule has 19 heavy (non-hydrogen) atoms. The van der Waals surface area contributed by atoms with Crippen molar-refractivity contribution in [3.05, 3.63) is 0 Å². The number of carbonyl (C=O) groups excluding carboxylic acids is 1. The standard InChI is InChI=1S/C14H25NO4/c1-10(7-14(17)18)8-15-13(16)9-19-12-6-4-3-5-11(12)2/h10-12H,3-9H2,1-2H3,(H,15,16)(H,17,18). The second-order valence-corrected chi connectivity index (χ2v) is 5.62. The third kappa shape index (κ3) is 6.57. The summed E-state index contributed by atoms with van der Waals surface area (Å²) >= 11 is 0. The van der Waals surface area contributed by atoms with E-state index >= 15 is 0 Å². The van der Waals surface area contributed by atoms with Crippen molar-refractivity contribution < 1.29 is 19.4 Å². The van der Waals surface area contributed by atoms with Gasteiger partial charge in [0.15, 0.2) is 0 Å². The lowest BCUT2D eigenvalue weighted by atomic mass is 9.88. The number of amides is 1. The van der Waals surface area contributed by atoms with Gasteiger partial charge in [-0.15, -0.1) is 0 Å². The van der Waals surface area contributed by atoms with Gasteiger partial charge in [0.1, 0.15) is 6.61 Å². The molecule has 1 rings (SSSR count). The van der Waals surface area contributed by atoms with Gasteiger partial charge in [-0.05, 0) is 24.7 Å². The number of carboxylic acid groups (broad SMARTS) is 1. The number of aliphatic carboxylic acids is 1. The van der Waals surface area contributed by atoms with E-state index in [1.807, 2.05) is 0 Å². The highest BCUT2D eigenvalue weighted by molar-refractivity contribution is 5.77. The minimum absolute atomic E-state index is 0.0601. The quantitative estimate of drug-likeness (QED) is 0.740. The van der Waals surface area contributed by atoms with E-state index in [9.17, 15) is 9.59 Å². The van der Waals surface area contributed by atoms with Crippen LogP contribution < -0.4 is 5.32 Å². The molecule has 3 atom stereocenters. The van der Waals surface area contributed by atoms with Crippen LogP contribution in [0.1, 0.15) is 46.0 Å². The van der Waals surface area contributed by atoms with Crippen LogP contribution in [0.4, 0.5) is 0 Å². The van der Waals surface area contributed by atoms with Gasteiger partial charge < -0.3 is 15.2 Å². The van der Waals surface area contributed by atoms with Gasteiger partial charge >= 0.3 is 5.97 Å². The first-order valence-corrected chi connectivity index (χ1v) is 7.09. The summed E-state index contributed by atoms with van der Waals surface area (Å²) in [6.07, 6.45) is 4.88. The predicted molar refractivity (Wildman–Crippen MR) is 71.8 cm³/mol. The maximum atomic E-state index is 11.6. The van der Waals surface area contributed by atoms with E-state index in [4.69, 9.17) is 9.84 Å². The molecule has 0 saturated heterocycles. The van der Waals surface area contributed by atoms with E-state index in [-0.39, 0.29) is 31.0 Å². The molecule has 5 nitrogen and oxygen atoms in total. The van der Waals surface area contributed by atoms with Crippen LogP contribution in [-0.2, 0) is 14.3 Å². The largest absolute Gasteiger partial charge is 0.481 e. The van der Waals surface area contributed by atoms with Crippen molar-refractivity contribution in [3.63, 3.8) is 0 Å². The predicted octanol–water partition coefficient (Wildman–Crippen LogP) is 1.81. The molecule has 1 fully saturated rings. The first kappa shape index (κ1) is 16.0. The highest BCUT2D eigenvalue weighted by Gasteiger charge is 2.22. The fraction of sp³-hybridized carbons (Fsp3) is 0.857. The molecule has 0 heterocycles. The monoisotopic (exact) mass is 271 g/mol. The average molecular weight is 271 g/mol. The summed E-state index contributed by atoms with van der Waals surface area (Å²) in [4.78, 5) is 22.1. The Kier molecular flexibility index (Phi) is 6.84. The van der Waals surface area contributed by atoms with Gasteiger partial charge in [-0.25, -0.2) is 0 Å². The van der Waals surface area contributed by atoms with Gasteiger partial charge in [-0.3, -0.25) is 9.59 Å². The van der Waals surface area contributed by atoms with Crippen LogP contribution in [0.25, 0.3) is 0 Å². The summed E-state index contributed by atoms with van der Waals surface area (Å²) in [5.41, 5.74) is 0. The molecule has 2 N–H and O–H groups in total. The molecule has 1 aliphatic rings. The van der Waals surface area contributed by atoms with Crippen molar-refractivity contribution in [2.45, 2.75) is 52.1 Å². The molecule has 0 aromatic rings. The number of nitrogens with one attached hydrogen (secondary N) is 1. The molecule has 1 amide bonds. The van der Waals surface area contributed by atoms with Crippen LogP contribution >= 0.6 is 0 Å². The topological polar surface area (TPSA) is 75.6 Å². The van der Waals surface area contributed by atoms with Gasteiger partial charge in [-0.1, -0.05) is 26.7 Å². The summed E-state index contributed by atoms with van der Waals surface area (Å²) in [7, 11) is 0. The number of carboxylic acids is 1. The number of hydrogen-bond acceptors (Lipinski definition) is 3. The van der Waals surface area contributed by atoms with Crippen molar-refractivity contribution in [1.82, 2.24) is 5.32 Å². The van der Waals surface area contributed by atoms with Crippen LogP contribution in [0.3, 0.4) is 0 Å². The number of carbonyl (C=O) groups is 2. The molecule has 0 bridgehead atoms. The number of hydrogen-bond donors (Lipinski definition) is 2. The van der Waals surface area contributed by atoms with E-state index in [2.05, 4.69) is 12.2 Å². The minimum Gasteiger partial charge on any atom is -0.481 e. The zero-order chi connectivity index (χ0) is 14.3. The third-order valence-electron chi connectivity index (χ3n) is 3.63. The van der Waals surface area contributed by atoms with Crippen molar-refractivity contribution in [2.75, 3.05) is 13.2 Å². The molecule has 1 aliphatic carbocycles. The lowest BCUT2D eigenvalue weighted by Crippen LogP contribution is -2.35. The van der Waals surface area contributed by atoms with Crippen molar-refractivity contribution in [2.24, 2.45) is 11.8 Å². The highest BCUT2D eigenvalue weighted by atomic mass is 16.5. The fourth-order valence-corrected chi connectivity index (χ4v) is 2.42. The van der Waals surface area contributed by atoms with Crippen molar-refractivity contribution >= 4 is 11.9 Å². The van der Waals surface area contributed by atoms with E-state index in [0.717, 1.165) is 6.42 Å². The van der Waals surface area contributed by atoms with E-state index < -0.39 is 5.97 Å². The molecule has 3 unspecified atom stereocenters. The maximum absolute atomic E-state index is 11.6. The van der Waals surface area contributed by atoms with Gasteiger partial charge in [0, 0.05) is 13.0 Å². The Morgan fingerprint density at radius 3 is 2.68 bits per heavy atom. The van der Waals surface area contributed by atoms with Crippen LogP contribution in [0.2, 0.25) is 0 Å². The zero-order valence-electron chi connectivity index (χ0n) is 11.9. The van der Waals surface area contributed by atoms with Crippen LogP contribution in [0.15, 0.2) is 0 Å². The van der Waals surface area contributed by atoms with Gasteiger partial charge in [0.2, 0.25) is 5.91 Å². The van der Waals surface area contributed by atoms with Crippen LogP contribution in [0, 0.1) is 11.8 Å². The SMILES string of the molecule is CC(CNC(=O)COC1CCCCC1C)CC(=O)O. The Morgan fingerprint density at radius 2 is 2.05 bits per heavy atom. The Hall–Kier alpha value is -1.10. The average Bonchev–Trinajstić information content (AvgIpc) is 2.34. The first-order valence-electron chi connectivity index (χ1n) is 7.09. The van der Waals surface area contributed by atoms with Crippen LogP contribution in [-0.4, -0.2) is 36.2 Å². The second-order valence-electron chi connectivity index (χ2n) is 5.62. The number of rotatable bonds is 7. The van der Waals surface area contributed by atoms with Crippen molar-refractivity contribution in [3.8, 4) is 0 Å². The summed E-state index contributed by atoms with van der Waals surface area (Å²) < 4.78 is 5.64. The normalized spacial score (nSPS) is 24.7. The number of ether oxygens (including phenoxy) is 1. The summed E-state index contributed by atoms with van der Waals surface area (Å²) in [5, 5.41) is 11.3. The van der Waals surface area contributed by atoms with E-state index in [0.29, 0.717) is 12.5 Å². The van der Waals surface area contributed by atoms with Gasteiger partial charge in [0.05, 0.1) is 6.10 Å². The minimum atomic E-state index is -0.839. The fourth-order valence-electron chi connectivity index (χ4n) is 2.42. The Morgan fingerprint density at radius 1 is 1.37 bits per heavy atom.